The number of ether oxygens (including phenoxy) is 1. The molecule has 3 N–H and O–H groups in total. The van der Waals surface area contributed by atoms with Crippen molar-refractivity contribution in [3.63, 3.8) is 0 Å². The molecule has 1 aliphatic carbocycles. The summed E-state index contributed by atoms with van der Waals surface area (Å²) in [4.78, 5) is 19.8. The molecule has 2 bridgehead atoms. The van der Waals surface area contributed by atoms with Gasteiger partial charge in [-0.1, -0.05) is 6.42 Å². The number of hydrogen-bond donors (Lipinski definition) is 3. The highest BCUT2D eigenvalue weighted by Gasteiger charge is 2.62. The number of rotatable bonds is 6. The Hall–Kier alpha value is -3.62. The van der Waals surface area contributed by atoms with E-state index in [1.54, 1.807) is 6.20 Å². The molecule has 0 spiro atoms. The topological polar surface area (TPSA) is 142 Å². The first-order chi connectivity index (χ1) is 20.2. The van der Waals surface area contributed by atoms with Crippen molar-refractivity contribution in [1.82, 2.24) is 24.8 Å². The van der Waals surface area contributed by atoms with E-state index < -0.39 is 33.1 Å². The van der Waals surface area contributed by atoms with E-state index in [1.807, 2.05) is 18.7 Å². The highest BCUT2D eigenvalue weighted by molar-refractivity contribution is 7.94. The van der Waals surface area contributed by atoms with Crippen LogP contribution in [0.1, 0.15) is 69.2 Å². The second-order valence-corrected chi connectivity index (χ2v) is 13.8. The molecule has 1 atom stereocenters. The van der Waals surface area contributed by atoms with Crippen molar-refractivity contribution >= 4 is 28.0 Å². The Balaban J connectivity index is 1.44. The lowest BCUT2D eigenvalue weighted by atomic mass is 9.93. The van der Waals surface area contributed by atoms with E-state index in [-0.39, 0.29) is 48.0 Å². The molecular weight excluding hydrogens is 587 g/mol. The summed E-state index contributed by atoms with van der Waals surface area (Å²) in [6, 6.07) is 4.50. The van der Waals surface area contributed by atoms with Gasteiger partial charge < -0.3 is 20.4 Å². The minimum Gasteiger partial charge on any atom is -0.477 e. The molecule has 234 valence electrons. The summed E-state index contributed by atoms with van der Waals surface area (Å²) >= 11 is 0. The quantitative estimate of drug-likeness (QED) is 0.405. The summed E-state index contributed by atoms with van der Waals surface area (Å²) in [5.41, 5.74) is -2.02. The van der Waals surface area contributed by atoms with Crippen LogP contribution in [0, 0.1) is 16.7 Å². The van der Waals surface area contributed by atoms with Gasteiger partial charge in [-0.15, -0.1) is 5.10 Å². The number of allylic oxidation sites excluding steroid dienone is 1. The Morgan fingerprint density at radius 3 is 2.67 bits per heavy atom. The minimum absolute atomic E-state index is 0.0405. The van der Waals surface area contributed by atoms with Gasteiger partial charge >= 0.3 is 6.18 Å². The van der Waals surface area contributed by atoms with E-state index in [0.717, 1.165) is 25.7 Å². The Labute approximate surface area is 248 Å². The number of amides is 1. The first kappa shape index (κ1) is 30.8. The number of nitrogens with zero attached hydrogens (tertiary/aromatic N) is 4. The fraction of sp³-hybridized carbons (Fsp3) is 0.571. The minimum atomic E-state index is -4.34. The van der Waals surface area contributed by atoms with Crippen LogP contribution in [0.5, 0.6) is 5.88 Å². The van der Waals surface area contributed by atoms with Crippen molar-refractivity contribution < 1.29 is 31.1 Å². The first-order valence-electron chi connectivity index (χ1n) is 14.3. The van der Waals surface area contributed by atoms with Gasteiger partial charge in [0.1, 0.15) is 10.7 Å². The average molecular weight is 624 g/mol. The van der Waals surface area contributed by atoms with Gasteiger partial charge in [-0.25, -0.2) is 22.8 Å². The van der Waals surface area contributed by atoms with Crippen LogP contribution >= 0.6 is 0 Å². The van der Waals surface area contributed by atoms with Crippen LogP contribution in [0.3, 0.4) is 0 Å². The van der Waals surface area contributed by atoms with Crippen LogP contribution in [0.2, 0.25) is 0 Å². The van der Waals surface area contributed by atoms with E-state index >= 15 is 0 Å². The van der Waals surface area contributed by atoms with Gasteiger partial charge in [0.2, 0.25) is 5.88 Å². The maximum Gasteiger partial charge on any atom is 0.394 e. The van der Waals surface area contributed by atoms with Gasteiger partial charge in [0.25, 0.3) is 15.9 Å². The molecular formula is C28H36F3N7O4S. The zero-order chi connectivity index (χ0) is 31.0. The van der Waals surface area contributed by atoms with Crippen LogP contribution in [0.15, 0.2) is 35.5 Å². The maximum absolute atomic E-state index is 13.4. The van der Waals surface area contributed by atoms with Gasteiger partial charge in [-0.3, -0.25) is 4.79 Å². The molecule has 1 unspecified atom stereocenters. The number of halogens is 3. The molecule has 2 aliphatic heterocycles. The highest BCUT2D eigenvalue weighted by Crippen LogP contribution is 2.59. The summed E-state index contributed by atoms with van der Waals surface area (Å²) in [6.07, 6.45) is 2.77. The lowest BCUT2D eigenvalue weighted by molar-refractivity contribution is -0.190. The Kier molecular flexibility index (Phi) is 8.22. The number of anilines is 1. The number of fused-ring (bicyclic) bond motifs is 4. The molecule has 1 saturated carbocycles. The molecule has 3 aliphatic rings. The number of carbonyl (C=O) groups is 1. The fourth-order valence-corrected chi connectivity index (χ4v) is 6.72. The molecule has 0 radical (unpaired) electrons. The van der Waals surface area contributed by atoms with Crippen molar-refractivity contribution in [3.05, 3.63) is 41.1 Å². The number of hydrogen-bond acceptors (Lipinski definition) is 9. The van der Waals surface area contributed by atoms with E-state index in [0.29, 0.717) is 31.0 Å². The lowest BCUT2D eigenvalue weighted by Gasteiger charge is -2.34. The zero-order valence-corrected chi connectivity index (χ0v) is 24.9. The molecule has 2 fully saturated rings. The summed E-state index contributed by atoms with van der Waals surface area (Å²) < 4.78 is 74.7. The van der Waals surface area contributed by atoms with Crippen molar-refractivity contribution in [2.75, 3.05) is 24.6 Å². The van der Waals surface area contributed by atoms with Crippen molar-refractivity contribution in [2.24, 2.45) is 11.3 Å². The van der Waals surface area contributed by atoms with Gasteiger partial charge in [-0.05, 0) is 70.4 Å². The molecule has 15 heteroatoms. The van der Waals surface area contributed by atoms with E-state index in [9.17, 15) is 26.4 Å². The number of carbonyl (C=O) groups excluding carboxylic acids is 1. The molecule has 0 aromatic carbocycles. The van der Waals surface area contributed by atoms with E-state index in [1.165, 1.54) is 29.1 Å². The van der Waals surface area contributed by atoms with Gasteiger partial charge in [0, 0.05) is 43.3 Å². The first-order valence-corrected chi connectivity index (χ1v) is 15.8. The molecule has 1 amide bonds. The number of aromatic nitrogens is 3. The predicted molar refractivity (Wildman–Crippen MR) is 154 cm³/mol. The fourth-order valence-electron chi connectivity index (χ4n) is 5.86. The predicted octanol–water partition coefficient (Wildman–Crippen LogP) is 4.31. The van der Waals surface area contributed by atoms with Crippen LogP contribution in [0.25, 0.3) is 5.82 Å². The number of sulfonamides is 1. The van der Waals surface area contributed by atoms with Gasteiger partial charge in [0.05, 0.1) is 17.6 Å². The third kappa shape index (κ3) is 6.50. The number of nitrogens with one attached hydrogen (secondary N) is 3. The smallest absolute Gasteiger partial charge is 0.394 e. The third-order valence-corrected chi connectivity index (χ3v) is 9.82. The maximum atomic E-state index is 13.4. The standard InChI is InChI=1S/C28H36F3N7O4S/c1-26(2)15-19-5-3-4-12-33-17-20(16-32)43(40,41)36-25(39)21-6-7-22(34-24(21)37(26)18-19)38-13-8-23(35-38)42-14-11-27(9-10-27)28(29,30)31/h6-8,13,16-17,19,32-33H,3-5,9-12,14-15,18H2,1-2H3,(H,36,39)/b20-17+,32-16?. The molecule has 43 heavy (non-hydrogen) atoms. The second kappa shape index (κ2) is 11.5. The number of pyridine rings is 1. The van der Waals surface area contributed by atoms with Crippen LogP contribution in [-0.2, 0) is 10.0 Å². The summed E-state index contributed by atoms with van der Waals surface area (Å²) in [6.45, 7) is 5.11. The Morgan fingerprint density at radius 2 is 1.98 bits per heavy atom. The average Bonchev–Trinajstić information content (AvgIpc) is 3.48. The van der Waals surface area contributed by atoms with Crippen molar-refractivity contribution in [2.45, 2.75) is 70.5 Å². The molecule has 11 nitrogen and oxygen atoms in total. The largest absolute Gasteiger partial charge is 0.477 e. The van der Waals surface area contributed by atoms with E-state index in [2.05, 4.69) is 15.1 Å². The van der Waals surface area contributed by atoms with Crippen LogP contribution in [0.4, 0.5) is 19.0 Å². The van der Waals surface area contributed by atoms with Crippen LogP contribution in [-0.4, -0.2) is 66.7 Å². The molecule has 4 heterocycles. The second-order valence-electron chi connectivity index (χ2n) is 12.1. The Bertz CT molecular complexity index is 1520. The molecule has 5 rings (SSSR count). The van der Waals surface area contributed by atoms with Gasteiger partial charge in [-0.2, -0.15) is 13.2 Å². The van der Waals surface area contributed by atoms with Crippen molar-refractivity contribution in [1.29, 1.82) is 5.41 Å². The lowest BCUT2D eigenvalue weighted by Crippen LogP contribution is -2.41. The molecule has 2 aromatic heterocycles. The Morgan fingerprint density at radius 1 is 1.21 bits per heavy atom. The molecule has 2 aromatic rings. The third-order valence-electron chi connectivity index (χ3n) is 8.51. The highest BCUT2D eigenvalue weighted by atomic mass is 32.2. The SMILES string of the molecule is CC1(C)CC2CCCCN/C=C(\C=N)S(=O)(=O)NC(=O)c3ccc(-n4ccc(OCCC5(C(F)(F)F)CC5)n4)nc3N1C2. The number of alkyl halides is 3. The van der Waals surface area contributed by atoms with Crippen LogP contribution < -0.4 is 19.7 Å². The monoisotopic (exact) mass is 623 g/mol. The summed E-state index contributed by atoms with van der Waals surface area (Å²) in [5, 5.41) is 14.8. The molecule has 1 saturated heterocycles. The van der Waals surface area contributed by atoms with Gasteiger partial charge in [0.15, 0.2) is 5.82 Å². The zero-order valence-electron chi connectivity index (χ0n) is 24.1. The van der Waals surface area contributed by atoms with E-state index in [4.69, 9.17) is 15.1 Å². The van der Waals surface area contributed by atoms with Crippen molar-refractivity contribution in [3.8, 4) is 11.7 Å². The summed E-state index contributed by atoms with van der Waals surface area (Å²) in [7, 11) is -4.34. The summed E-state index contributed by atoms with van der Waals surface area (Å²) in [5.74, 6) is 0.179. The normalized spacial score (nSPS) is 24.3.